The fourth-order valence-corrected chi connectivity index (χ4v) is 2.25. The number of halogens is 4. The van der Waals surface area contributed by atoms with Crippen molar-refractivity contribution in [3.05, 3.63) is 23.8 Å². The van der Waals surface area contributed by atoms with Gasteiger partial charge in [0.15, 0.2) is 0 Å². The normalized spacial score (nSPS) is 12.6. The summed E-state index contributed by atoms with van der Waals surface area (Å²) in [5.41, 5.74) is 0.240. The average Bonchev–Trinajstić information content (AvgIpc) is 2.04. The second-order valence-corrected chi connectivity index (χ2v) is 5.45. The molecule has 1 aromatic carbocycles. The van der Waals surface area contributed by atoms with E-state index in [2.05, 4.69) is 4.74 Å². The summed E-state index contributed by atoms with van der Waals surface area (Å²) in [5.74, 6) is -0.627. The van der Waals surface area contributed by atoms with E-state index >= 15 is 0 Å². The van der Waals surface area contributed by atoms with Crippen molar-refractivity contribution >= 4 is 19.7 Å². The van der Waals surface area contributed by atoms with Crippen LogP contribution < -0.4 is 4.74 Å². The van der Waals surface area contributed by atoms with Crippen LogP contribution in [0.2, 0.25) is 0 Å². The van der Waals surface area contributed by atoms with Crippen LogP contribution in [0.4, 0.5) is 13.2 Å². The van der Waals surface area contributed by atoms with Crippen molar-refractivity contribution < 1.29 is 26.3 Å². The first-order chi connectivity index (χ1) is 7.09. The molecule has 0 aliphatic rings. The molecule has 8 heteroatoms. The van der Waals surface area contributed by atoms with Crippen molar-refractivity contribution in [1.29, 1.82) is 0 Å². The number of ether oxygens (including phenoxy) is 1. The van der Waals surface area contributed by atoms with Crippen molar-refractivity contribution in [2.45, 2.75) is 18.2 Å². The molecule has 16 heavy (non-hydrogen) atoms. The zero-order chi connectivity index (χ0) is 12.6. The second kappa shape index (κ2) is 4.14. The van der Waals surface area contributed by atoms with Crippen molar-refractivity contribution in [3.63, 3.8) is 0 Å². The molecule has 0 saturated heterocycles. The number of hydrogen-bond acceptors (Lipinski definition) is 3. The summed E-state index contributed by atoms with van der Waals surface area (Å²) in [6, 6.07) is 2.91. The minimum atomic E-state index is -4.87. The zero-order valence-electron chi connectivity index (χ0n) is 7.88. The number of alkyl halides is 3. The van der Waals surface area contributed by atoms with E-state index in [4.69, 9.17) is 10.7 Å². The largest absolute Gasteiger partial charge is 0.573 e. The van der Waals surface area contributed by atoms with E-state index in [1.165, 1.54) is 13.0 Å². The lowest BCUT2D eigenvalue weighted by atomic mass is 10.2. The van der Waals surface area contributed by atoms with E-state index in [0.717, 1.165) is 12.1 Å². The Hall–Kier alpha value is -0.950. The molecule has 1 aromatic rings. The van der Waals surface area contributed by atoms with Gasteiger partial charge < -0.3 is 4.74 Å². The molecule has 3 nitrogen and oxygen atoms in total. The van der Waals surface area contributed by atoms with Crippen LogP contribution in [0.15, 0.2) is 23.1 Å². The Morgan fingerprint density at radius 3 is 2.31 bits per heavy atom. The van der Waals surface area contributed by atoms with Gasteiger partial charge in [-0.3, -0.25) is 0 Å². The van der Waals surface area contributed by atoms with Gasteiger partial charge in [0, 0.05) is 16.7 Å². The summed E-state index contributed by atoms with van der Waals surface area (Å²) in [6.45, 7) is 1.41. The lowest BCUT2D eigenvalue weighted by molar-refractivity contribution is -0.274. The molecular weight excluding hydrogens is 269 g/mol. The van der Waals surface area contributed by atoms with Crippen LogP contribution in [0.5, 0.6) is 5.75 Å². The Kier molecular flexibility index (Phi) is 3.39. The number of rotatable bonds is 2. The Balaban J connectivity index is 3.19. The highest BCUT2D eigenvalue weighted by atomic mass is 35.7. The van der Waals surface area contributed by atoms with Gasteiger partial charge in [0.2, 0.25) is 0 Å². The van der Waals surface area contributed by atoms with Crippen LogP contribution in [-0.2, 0) is 9.05 Å². The van der Waals surface area contributed by atoms with E-state index < -0.39 is 26.1 Å². The molecule has 1 rings (SSSR count). The molecule has 0 radical (unpaired) electrons. The minimum absolute atomic E-state index is 0.240. The third-order valence-corrected chi connectivity index (χ3v) is 3.12. The van der Waals surface area contributed by atoms with Crippen LogP contribution >= 0.6 is 10.7 Å². The summed E-state index contributed by atoms with van der Waals surface area (Å²) in [4.78, 5) is -0.407. The van der Waals surface area contributed by atoms with Crippen molar-refractivity contribution in [3.8, 4) is 5.75 Å². The number of hydrogen-bond donors (Lipinski definition) is 0. The maximum absolute atomic E-state index is 11.9. The standard InChI is InChI=1S/C8H6ClF3O3S/c1-5-2-3-6(15-8(10,11)12)4-7(5)16(9,13)14/h2-4H,1H3. The summed E-state index contributed by atoms with van der Waals surface area (Å²) in [5, 5.41) is 0. The lowest BCUT2D eigenvalue weighted by Crippen LogP contribution is -2.17. The predicted molar refractivity (Wildman–Crippen MR) is 50.9 cm³/mol. The first-order valence-corrected chi connectivity index (χ1v) is 6.21. The first-order valence-electron chi connectivity index (χ1n) is 3.90. The molecule has 90 valence electrons. The minimum Gasteiger partial charge on any atom is -0.406 e. The van der Waals surface area contributed by atoms with Gasteiger partial charge in [0.05, 0.1) is 4.90 Å². The number of aryl methyl sites for hydroxylation is 1. The van der Waals surface area contributed by atoms with E-state index in [1.807, 2.05) is 0 Å². The third kappa shape index (κ3) is 3.57. The fourth-order valence-electron chi connectivity index (χ4n) is 1.04. The predicted octanol–water partition coefficient (Wildman–Crippen LogP) is 2.82. The molecule has 0 amide bonds. The molecule has 0 fully saturated rings. The Bertz CT molecular complexity index is 496. The van der Waals surface area contributed by atoms with Crippen molar-refractivity contribution in [1.82, 2.24) is 0 Å². The van der Waals surface area contributed by atoms with Gasteiger partial charge in [-0.1, -0.05) is 6.07 Å². The van der Waals surface area contributed by atoms with Gasteiger partial charge in [-0.2, -0.15) is 0 Å². The summed E-state index contributed by atoms with van der Waals surface area (Å²) < 4.78 is 61.2. The maximum atomic E-state index is 11.9. The third-order valence-electron chi connectivity index (χ3n) is 1.66. The van der Waals surface area contributed by atoms with E-state index in [9.17, 15) is 21.6 Å². The monoisotopic (exact) mass is 274 g/mol. The van der Waals surface area contributed by atoms with Gasteiger partial charge in [-0.25, -0.2) is 8.42 Å². The molecule has 0 saturated carbocycles. The topological polar surface area (TPSA) is 43.4 Å². The first kappa shape index (κ1) is 13.1. The molecule has 0 heterocycles. The van der Waals surface area contributed by atoms with Gasteiger partial charge >= 0.3 is 6.36 Å². The van der Waals surface area contributed by atoms with Crippen LogP contribution in [0.3, 0.4) is 0 Å². The van der Waals surface area contributed by atoms with Gasteiger partial charge in [-0.15, -0.1) is 13.2 Å². The lowest BCUT2D eigenvalue weighted by Gasteiger charge is -2.10. The quantitative estimate of drug-likeness (QED) is 0.779. The molecule has 0 aliphatic heterocycles. The van der Waals surface area contributed by atoms with Gasteiger partial charge in [0.1, 0.15) is 5.75 Å². The summed E-state index contributed by atoms with van der Waals surface area (Å²) in [7, 11) is 0.956. The Morgan fingerprint density at radius 1 is 1.31 bits per heavy atom. The molecule has 0 unspecified atom stereocenters. The second-order valence-electron chi connectivity index (χ2n) is 2.91. The zero-order valence-corrected chi connectivity index (χ0v) is 9.45. The highest BCUT2D eigenvalue weighted by molar-refractivity contribution is 8.13. The van der Waals surface area contributed by atoms with Crippen LogP contribution in [0.1, 0.15) is 5.56 Å². The molecular formula is C8H6ClF3O3S. The molecule has 0 bridgehead atoms. The maximum Gasteiger partial charge on any atom is 0.573 e. The molecule has 0 aromatic heterocycles. The SMILES string of the molecule is Cc1ccc(OC(F)(F)F)cc1S(=O)(=O)Cl. The number of benzene rings is 1. The van der Waals surface area contributed by atoms with Gasteiger partial charge in [0.25, 0.3) is 9.05 Å². The summed E-state index contributed by atoms with van der Waals surface area (Å²) >= 11 is 0. The molecule has 0 spiro atoms. The average molecular weight is 275 g/mol. The molecule has 0 atom stereocenters. The summed E-state index contributed by atoms with van der Waals surface area (Å²) in [6.07, 6.45) is -4.87. The van der Waals surface area contributed by atoms with Crippen LogP contribution in [-0.4, -0.2) is 14.8 Å². The van der Waals surface area contributed by atoms with E-state index in [1.54, 1.807) is 0 Å². The fraction of sp³-hybridized carbons (Fsp3) is 0.250. The van der Waals surface area contributed by atoms with E-state index in [0.29, 0.717) is 0 Å². The van der Waals surface area contributed by atoms with Crippen molar-refractivity contribution in [2.24, 2.45) is 0 Å². The van der Waals surface area contributed by atoms with E-state index in [-0.39, 0.29) is 5.56 Å². The smallest absolute Gasteiger partial charge is 0.406 e. The van der Waals surface area contributed by atoms with Crippen LogP contribution in [0.25, 0.3) is 0 Å². The van der Waals surface area contributed by atoms with Crippen molar-refractivity contribution in [2.75, 3.05) is 0 Å². The molecule has 0 N–H and O–H groups in total. The molecule has 0 aliphatic carbocycles. The van der Waals surface area contributed by atoms with Gasteiger partial charge in [-0.05, 0) is 18.6 Å². The Labute approximate surface area is 94.2 Å². The Morgan fingerprint density at radius 2 is 1.88 bits per heavy atom. The highest BCUT2D eigenvalue weighted by Crippen LogP contribution is 2.28. The van der Waals surface area contributed by atoms with Crippen LogP contribution in [0, 0.1) is 6.92 Å². The highest BCUT2D eigenvalue weighted by Gasteiger charge is 2.31.